The molecule has 20 heavy (non-hydrogen) atoms. The smallest absolute Gasteiger partial charge is 0.0729 e. The third-order valence-corrected chi connectivity index (χ3v) is 5.91. The second-order valence-corrected chi connectivity index (χ2v) is 7.29. The first-order valence-electron chi connectivity index (χ1n) is 8.32. The number of thioether (sulfide) groups is 1. The summed E-state index contributed by atoms with van der Waals surface area (Å²) in [6.45, 7) is 8.25. The molecule has 2 aliphatic rings. The lowest BCUT2D eigenvalue weighted by molar-refractivity contribution is -0.149. The summed E-state index contributed by atoms with van der Waals surface area (Å²) in [5.74, 6) is 3.30. The minimum absolute atomic E-state index is 0.129. The summed E-state index contributed by atoms with van der Waals surface area (Å²) < 4.78 is 11.7. The standard InChI is InChI=1S/C16H31NO2S/c1-3-11-20-13-15(17-4-2)14-5-8-19-16(12-14)6-9-18-10-7-16/h14-15,17H,3-13H2,1-2H3. The molecule has 0 aromatic carbocycles. The van der Waals surface area contributed by atoms with Gasteiger partial charge in [0, 0.05) is 31.6 Å². The Morgan fingerprint density at radius 2 is 2.05 bits per heavy atom. The van der Waals surface area contributed by atoms with Gasteiger partial charge in [-0.2, -0.15) is 11.8 Å². The zero-order valence-electron chi connectivity index (χ0n) is 13.2. The molecule has 2 aliphatic heterocycles. The normalized spacial score (nSPS) is 27.6. The van der Waals surface area contributed by atoms with E-state index < -0.39 is 0 Å². The SMILES string of the molecule is CCCSCC(NCC)C1CCOC2(CCOCC2)C1. The number of hydrogen-bond acceptors (Lipinski definition) is 4. The molecule has 2 rings (SSSR count). The summed E-state index contributed by atoms with van der Waals surface area (Å²) in [6.07, 6.45) is 5.89. The highest BCUT2D eigenvalue weighted by Crippen LogP contribution is 2.38. The van der Waals surface area contributed by atoms with Crippen LogP contribution in [0.2, 0.25) is 0 Å². The Morgan fingerprint density at radius 3 is 2.75 bits per heavy atom. The highest BCUT2D eigenvalue weighted by molar-refractivity contribution is 7.99. The van der Waals surface area contributed by atoms with E-state index in [1.54, 1.807) is 0 Å². The van der Waals surface area contributed by atoms with Crippen molar-refractivity contribution in [3.05, 3.63) is 0 Å². The molecule has 0 saturated carbocycles. The highest BCUT2D eigenvalue weighted by atomic mass is 32.2. The minimum Gasteiger partial charge on any atom is -0.381 e. The van der Waals surface area contributed by atoms with Crippen molar-refractivity contribution in [2.24, 2.45) is 5.92 Å². The molecule has 2 atom stereocenters. The fourth-order valence-corrected chi connectivity index (χ4v) is 4.58. The van der Waals surface area contributed by atoms with Gasteiger partial charge in [-0.3, -0.25) is 0 Å². The van der Waals surface area contributed by atoms with E-state index in [1.165, 1.54) is 30.8 Å². The van der Waals surface area contributed by atoms with E-state index in [0.29, 0.717) is 6.04 Å². The molecule has 2 unspecified atom stereocenters. The maximum absolute atomic E-state index is 6.18. The van der Waals surface area contributed by atoms with Crippen LogP contribution in [0.25, 0.3) is 0 Å². The fourth-order valence-electron chi connectivity index (χ4n) is 3.48. The topological polar surface area (TPSA) is 30.5 Å². The summed E-state index contributed by atoms with van der Waals surface area (Å²) in [4.78, 5) is 0. The maximum Gasteiger partial charge on any atom is 0.0729 e. The Bertz CT molecular complexity index is 264. The van der Waals surface area contributed by atoms with Crippen LogP contribution >= 0.6 is 11.8 Å². The van der Waals surface area contributed by atoms with E-state index in [2.05, 4.69) is 30.9 Å². The minimum atomic E-state index is 0.129. The van der Waals surface area contributed by atoms with Crippen molar-refractivity contribution in [3.63, 3.8) is 0 Å². The Balaban J connectivity index is 1.89. The van der Waals surface area contributed by atoms with Crippen LogP contribution in [0, 0.1) is 5.92 Å². The van der Waals surface area contributed by atoms with E-state index in [0.717, 1.165) is 45.1 Å². The first-order chi connectivity index (χ1) is 9.79. The third kappa shape index (κ3) is 4.62. The first kappa shape index (κ1) is 16.6. The van der Waals surface area contributed by atoms with E-state index in [-0.39, 0.29) is 5.60 Å². The molecular weight excluding hydrogens is 270 g/mol. The van der Waals surface area contributed by atoms with Crippen molar-refractivity contribution in [1.82, 2.24) is 5.32 Å². The van der Waals surface area contributed by atoms with E-state index in [1.807, 2.05) is 0 Å². The Labute approximate surface area is 128 Å². The molecule has 1 spiro atoms. The van der Waals surface area contributed by atoms with Crippen LogP contribution in [0.1, 0.15) is 46.0 Å². The maximum atomic E-state index is 6.18. The van der Waals surface area contributed by atoms with Crippen molar-refractivity contribution in [3.8, 4) is 0 Å². The third-order valence-electron chi connectivity index (χ3n) is 4.62. The van der Waals surface area contributed by atoms with E-state index in [4.69, 9.17) is 9.47 Å². The molecule has 118 valence electrons. The van der Waals surface area contributed by atoms with Crippen LogP contribution in [-0.4, -0.2) is 49.5 Å². The van der Waals surface area contributed by atoms with Gasteiger partial charge < -0.3 is 14.8 Å². The molecule has 0 amide bonds. The van der Waals surface area contributed by atoms with Crippen molar-refractivity contribution < 1.29 is 9.47 Å². The first-order valence-corrected chi connectivity index (χ1v) is 9.48. The summed E-state index contributed by atoms with van der Waals surface area (Å²) in [7, 11) is 0. The van der Waals surface area contributed by atoms with Gasteiger partial charge >= 0.3 is 0 Å². The van der Waals surface area contributed by atoms with Gasteiger partial charge in [-0.25, -0.2) is 0 Å². The van der Waals surface area contributed by atoms with Crippen molar-refractivity contribution >= 4 is 11.8 Å². The van der Waals surface area contributed by atoms with Gasteiger partial charge in [-0.15, -0.1) is 0 Å². The van der Waals surface area contributed by atoms with Crippen molar-refractivity contribution in [2.45, 2.75) is 57.6 Å². The van der Waals surface area contributed by atoms with Crippen LogP contribution in [0.15, 0.2) is 0 Å². The molecule has 1 N–H and O–H groups in total. The van der Waals surface area contributed by atoms with E-state index in [9.17, 15) is 0 Å². The molecule has 0 aromatic heterocycles. The number of ether oxygens (including phenoxy) is 2. The van der Waals surface area contributed by atoms with Gasteiger partial charge in [0.25, 0.3) is 0 Å². The molecule has 3 nitrogen and oxygen atoms in total. The van der Waals surface area contributed by atoms with Crippen molar-refractivity contribution in [1.29, 1.82) is 0 Å². The molecule has 0 radical (unpaired) electrons. The van der Waals surface area contributed by atoms with Gasteiger partial charge in [0.05, 0.1) is 5.60 Å². The van der Waals surface area contributed by atoms with Crippen LogP contribution in [0.5, 0.6) is 0 Å². The summed E-state index contributed by atoms with van der Waals surface area (Å²) in [5.41, 5.74) is 0.129. The summed E-state index contributed by atoms with van der Waals surface area (Å²) >= 11 is 2.10. The predicted octanol–water partition coefficient (Wildman–Crippen LogP) is 3.08. The molecule has 0 aliphatic carbocycles. The molecule has 2 heterocycles. The molecule has 2 saturated heterocycles. The average Bonchev–Trinajstić information content (AvgIpc) is 2.47. The second kappa shape index (κ2) is 8.62. The second-order valence-electron chi connectivity index (χ2n) is 6.14. The monoisotopic (exact) mass is 301 g/mol. The molecule has 4 heteroatoms. The van der Waals surface area contributed by atoms with Gasteiger partial charge in [-0.1, -0.05) is 13.8 Å². The largest absolute Gasteiger partial charge is 0.381 e. The zero-order valence-corrected chi connectivity index (χ0v) is 14.0. The quantitative estimate of drug-likeness (QED) is 0.732. The molecule has 0 bridgehead atoms. The van der Waals surface area contributed by atoms with Crippen LogP contribution in [0.3, 0.4) is 0 Å². The van der Waals surface area contributed by atoms with Crippen LogP contribution < -0.4 is 5.32 Å². The molecule has 2 fully saturated rings. The van der Waals surface area contributed by atoms with Gasteiger partial charge in [0.15, 0.2) is 0 Å². The fraction of sp³-hybridized carbons (Fsp3) is 1.00. The number of nitrogens with one attached hydrogen (secondary N) is 1. The van der Waals surface area contributed by atoms with Gasteiger partial charge in [-0.05, 0) is 50.3 Å². The highest BCUT2D eigenvalue weighted by Gasteiger charge is 2.40. The zero-order chi connectivity index (χ0) is 14.3. The lowest BCUT2D eigenvalue weighted by atomic mass is 9.78. The molecule has 0 aromatic rings. The van der Waals surface area contributed by atoms with Crippen LogP contribution in [-0.2, 0) is 9.47 Å². The Hall–Kier alpha value is 0.230. The Kier molecular flexibility index (Phi) is 7.15. The summed E-state index contributed by atoms with van der Waals surface area (Å²) in [5, 5.41) is 3.73. The average molecular weight is 301 g/mol. The van der Waals surface area contributed by atoms with Crippen molar-refractivity contribution in [2.75, 3.05) is 37.9 Å². The molecular formula is C16H31NO2S. The van der Waals surface area contributed by atoms with E-state index >= 15 is 0 Å². The number of rotatable bonds is 7. The predicted molar refractivity (Wildman–Crippen MR) is 86.5 cm³/mol. The van der Waals surface area contributed by atoms with Gasteiger partial charge in [0.2, 0.25) is 0 Å². The lowest BCUT2D eigenvalue weighted by Gasteiger charge is -2.45. The number of hydrogen-bond donors (Lipinski definition) is 1. The Morgan fingerprint density at radius 1 is 1.25 bits per heavy atom. The van der Waals surface area contributed by atoms with Crippen LogP contribution in [0.4, 0.5) is 0 Å². The van der Waals surface area contributed by atoms with Gasteiger partial charge in [0.1, 0.15) is 0 Å². The lowest BCUT2D eigenvalue weighted by Crippen LogP contribution is -2.50. The summed E-state index contributed by atoms with van der Waals surface area (Å²) in [6, 6.07) is 0.653.